The lowest BCUT2D eigenvalue weighted by molar-refractivity contribution is -0.125. The lowest BCUT2D eigenvalue weighted by atomic mass is 9.85. The Morgan fingerprint density at radius 1 is 1.24 bits per heavy atom. The van der Waals surface area contributed by atoms with Crippen molar-refractivity contribution in [3.05, 3.63) is 29.8 Å². The van der Waals surface area contributed by atoms with Gasteiger partial charge in [-0.15, -0.1) is 0 Å². The zero-order chi connectivity index (χ0) is 14.7. The Morgan fingerprint density at radius 3 is 2.86 bits per heavy atom. The minimum Gasteiger partial charge on any atom is -0.399 e. The van der Waals surface area contributed by atoms with Crippen LogP contribution in [0.2, 0.25) is 0 Å². The number of nitrogens with one attached hydrogen (secondary N) is 1. The van der Waals surface area contributed by atoms with Crippen LogP contribution < -0.4 is 11.1 Å². The number of carbonyl (C=O) groups excluding carboxylic acids is 1. The van der Waals surface area contributed by atoms with Crippen LogP contribution in [-0.4, -0.2) is 36.5 Å². The molecule has 3 N–H and O–H groups in total. The molecule has 0 radical (unpaired) electrons. The first kappa shape index (κ1) is 14.4. The molecule has 1 aromatic carbocycles. The summed E-state index contributed by atoms with van der Waals surface area (Å²) in [4.78, 5) is 14.0. The van der Waals surface area contributed by atoms with E-state index >= 15 is 0 Å². The van der Waals surface area contributed by atoms with E-state index in [2.05, 4.69) is 22.3 Å². The first-order valence-electron chi connectivity index (χ1n) is 8.07. The molecule has 4 nitrogen and oxygen atoms in total. The third-order valence-electron chi connectivity index (χ3n) is 4.83. The smallest absolute Gasteiger partial charge is 0.220 e. The summed E-state index contributed by atoms with van der Waals surface area (Å²) >= 11 is 0. The fourth-order valence-electron chi connectivity index (χ4n) is 3.58. The van der Waals surface area contributed by atoms with Crippen LogP contribution in [-0.2, 0) is 11.2 Å². The Balaban J connectivity index is 1.42. The fraction of sp³-hybridized carbons (Fsp3) is 0.588. The van der Waals surface area contributed by atoms with Crippen LogP contribution >= 0.6 is 0 Å². The van der Waals surface area contributed by atoms with Crippen LogP contribution in [0.25, 0.3) is 0 Å². The number of likely N-dealkylation sites (tertiary alicyclic amines) is 1. The van der Waals surface area contributed by atoms with Crippen molar-refractivity contribution in [2.24, 2.45) is 5.92 Å². The van der Waals surface area contributed by atoms with Crippen molar-refractivity contribution >= 4 is 11.6 Å². The van der Waals surface area contributed by atoms with Gasteiger partial charge in [-0.05, 0) is 55.8 Å². The van der Waals surface area contributed by atoms with Crippen molar-refractivity contribution < 1.29 is 4.79 Å². The van der Waals surface area contributed by atoms with Crippen LogP contribution in [0.15, 0.2) is 24.3 Å². The number of nitrogens with two attached hydrogens (primary N) is 1. The molecule has 2 fully saturated rings. The molecule has 4 heteroatoms. The number of nitrogen functional groups attached to an aromatic ring is 1. The number of aryl methyl sites for hydroxylation is 1. The Kier molecular flexibility index (Phi) is 4.44. The van der Waals surface area contributed by atoms with Gasteiger partial charge in [0.05, 0.1) is 0 Å². The van der Waals surface area contributed by atoms with Crippen LogP contribution in [0.1, 0.15) is 31.2 Å². The maximum atomic E-state index is 11.4. The number of amides is 1. The molecule has 2 aliphatic rings. The molecular formula is C17H25N3O. The van der Waals surface area contributed by atoms with Gasteiger partial charge in [0.15, 0.2) is 0 Å². The number of rotatable bonds is 4. The Morgan fingerprint density at radius 2 is 2.05 bits per heavy atom. The van der Waals surface area contributed by atoms with Gasteiger partial charge in [0.1, 0.15) is 0 Å². The first-order chi connectivity index (χ1) is 10.2. The maximum absolute atomic E-state index is 11.4. The maximum Gasteiger partial charge on any atom is 0.220 e. The molecule has 3 rings (SSSR count). The molecule has 2 atom stereocenters. The van der Waals surface area contributed by atoms with Gasteiger partial charge in [-0.25, -0.2) is 0 Å². The molecule has 1 amide bonds. The predicted octanol–water partition coefficient (Wildman–Crippen LogP) is 1.80. The molecule has 0 aromatic heterocycles. The molecule has 0 spiro atoms. The number of hydrogen-bond acceptors (Lipinski definition) is 3. The van der Waals surface area contributed by atoms with Crippen LogP contribution in [0.5, 0.6) is 0 Å². The van der Waals surface area contributed by atoms with Crippen LogP contribution in [0.4, 0.5) is 5.69 Å². The second-order valence-corrected chi connectivity index (χ2v) is 6.41. The van der Waals surface area contributed by atoms with E-state index in [9.17, 15) is 4.79 Å². The van der Waals surface area contributed by atoms with E-state index in [1.807, 2.05) is 12.1 Å². The molecule has 2 unspecified atom stereocenters. The molecule has 1 aromatic rings. The minimum absolute atomic E-state index is 0.244. The molecule has 0 aliphatic carbocycles. The standard InChI is InChI=1S/C17H25N3O/c18-15-6-3-13(4-7-15)2-1-10-20-11-9-16-14(12-20)5-8-17(21)19-16/h3-4,6-7,14,16H,1-2,5,8-12,18H2,(H,19,21). The largest absolute Gasteiger partial charge is 0.399 e. The highest BCUT2D eigenvalue weighted by Crippen LogP contribution is 2.25. The molecule has 0 bridgehead atoms. The second kappa shape index (κ2) is 6.48. The third kappa shape index (κ3) is 3.76. The van der Waals surface area contributed by atoms with Gasteiger partial charge in [-0.2, -0.15) is 0 Å². The van der Waals surface area contributed by atoms with Crippen molar-refractivity contribution in [3.63, 3.8) is 0 Å². The average molecular weight is 287 g/mol. The monoisotopic (exact) mass is 287 g/mol. The first-order valence-corrected chi connectivity index (χ1v) is 8.07. The number of benzene rings is 1. The molecule has 2 saturated heterocycles. The zero-order valence-electron chi connectivity index (χ0n) is 12.6. The summed E-state index contributed by atoms with van der Waals surface area (Å²) in [6, 6.07) is 8.63. The summed E-state index contributed by atoms with van der Waals surface area (Å²) in [5.74, 6) is 0.904. The normalized spacial score (nSPS) is 26.2. The van der Waals surface area contributed by atoms with Crippen molar-refractivity contribution in [3.8, 4) is 0 Å². The zero-order valence-corrected chi connectivity index (χ0v) is 12.6. The van der Waals surface area contributed by atoms with E-state index in [1.54, 1.807) is 0 Å². The van der Waals surface area contributed by atoms with Crippen molar-refractivity contribution in [2.45, 2.75) is 38.1 Å². The van der Waals surface area contributed by atoms with E-state index in [0.717, 1.165) is 44.6 Å². The van der Waals surface area contributed by atoms with Gasteiger partial charge in [-0.1, -0.05) is 12.1 Å². The molecule has 21 heavy (non-hydrogen) atoms. The number of anilines is 1. The van der Waals surface area contributed by atoms with Crippen molar-refractivity contribution in [1.82, 2.24) is 10.2 Å². The summed E-state index contributed by atoms with van der Waals surface area (Å²) in [5, 5.41) is 3.15. The Bertz CT molecular complexity index is 485. The van der Waals surface area contributed by atoms with E-state index in [0.29, 0.717) is 18.4 Å². The van der Waals surface area contributed by atoms with Crippen molar-refractivity contribution in [1.29, 1.82) is 0 Å². The lowest BCUT2D eigenvalue weighted by Gasteiger charge is -2.41. The van der Waals surface area contributed by atoms with Gasteiger partial charge in [-0.3, -0.25) is 4.79 Å². The summed E-state index contributed by atoms with van der Waals surface area (Å²) in [5.41, 5.74) is 7.90. The number of hydrogen-bond donors (Lipinski definition) is 2. The number of piperidine rings is 2. The second-order valence-electron chi connectivity index (χ2n) is 6.41. The summed E-state index contributed by atoms with van der Waals surface area (Å²) in [6.07, 6.45) is 5.18. The molecular weight excluding hydrogens is 262 g/mol. The topological polar surface area (TPSA) is 58.4 Å². The number of fused-ring (bicyclic) bond motifs is 1. The number of nitrogens with zero attached hydrogens (tertiary/aromatic N) is 1. The summed E-state index contributed by atoms with van der Waals surface area (Å²) in [7, 11) is 0. The van der Waals surface area contributed by atoms with Gasteiger partial charge in [0.25, 0.3) is 0 Å². The van der Waals surface area contributed by atoms with Crippen LogP contribution in [0, 0.1) is 5.92 Å². The SMILES string of the molecule is Nc1ccc(CCCN2CCC3NC(=O)CCC3C2)cc1. The molecule has 114 valence electrons. The van der Waals surface area contributed by atoms with Gasteiger partial charge < -0.3 is 16.0 Å². The van der Waals surface area contributed by atoms with E-state index < -0.39 is 0 Å². The van der Waals surface area contributed by atoms with E-state index in [1.165, 1.54) is 12.0 Å². The quantitative estimate of drug-likeness (QED) is 0.830. The summed E-state index contributed by atoms with van der Waals surface area (Å²) in [6.45, 7) is 3.41. The van der Waals surface area contributed by atoms with Gasteiger partial charge in [0.2, 0.25) is 5.91 Å². The summed E-state index contributed by atoms with van der Waals surface area (Å²) < 4.78 is 0. The molecule has 2 aliphatic heterocycles. The Hall–Kier alpha value is -1.55. The average Bonchev–Trinajstić information content (AvgIpc) is 2.49. The van der Waals surface area contributed by atoms with Gasteiger partial charge >= 0.3 is 0 Å². The third-order valence-corrected chi connectivity index (χ3v) is 4.83. The van der Waals surface area contributed by atoms with Crippen LogP contribution in [0.3, 0.4) is 0 Å². The minimum atomic E-state index is 0.244. The lowest BCUT2D eigenvalue weighted by Crippen LogP contribution is -2.54. The molecule has 0 saturated carbocycles. The van der Waals surface area contributed by atoms with Crippen molar-refractivity contribution in [2.75, 3.05) is 25.4 Å². The predicted molar refractivity (Wildman–Crippen MR) is 84.9 cm³/mol. The number of carbonyl (C=O) groups is 1. The fourth-order valence-corrected chi connectivity index (χ4v) is 3.58. The van der Waals surface area contributed by atoms with Gasteiger partial charge in [0, 0.05) is 31.2 Å². The highest BCUT2D eigenvalue weighted by Gasteiger charge is 2.33. The molecule has 2 heterocycles. The van der Waals surface area contributed by atoms with E-state index in [-0.39, 0.29) is 5.91 Å². The highest BCUT2D eigenvalue weighted by atomic mass is 16.1. The Labute approximate surface area is 126 Å². The highest BCUT2D eigenvalue weighted by molar-refractivity contribution is 5.77. The van der Waals surface area contributed by atoms with E-state index in [4.69, 9.17) is 5.73 Å².